The van der Waals surface area contributed by atoms with E-state index in [2.05, 4.69) is 31.8 Å². The van der Waals surface area contributed by atoms with E-state index in [1.54, 1.807) is 12.1 Å². The third-order valence-electron chi connectivity index (χ3n) is 5.13. The van der Waals surface area contributed by atoms with Crippen molar-refractivity contribution in [1.82, 2.24) is 30.4 Å². The molecule has 2 amide bonds. The highest BCUT2D eigenvalue weighted by molar-refractivity contribution is 7.90. The lowest BCUT2D eigenvalue weighted by Crippen LogP contribution is -2.35. The average molecular weight is 500 g/mol. The molecule has 0 unspecified atom stereocenters. The van der Waals surface area contributed by atoms with Crippen molar-refractivity contribution in [2.75, 3.05) is 6.26 Å². The Kier molecular flexibility index (Phi) is 6.07. The van der Waals surface area contributed by atoms with Gasteiger partial charge in [0.25, 0.3) is 11.8 Å². The van der Waals surface area contributed by atoms with Crippen molar-refractivity contribution in [2.45, 2.75) is 29.8 Å². The molecule has 0 atom stereocenters. The molecule has 13 heteroatoms. The smallest absolute Gasteiger partial charge is 0.254 e. The molecule has 0 aliphatic heterocycles. The van der Waals surface area contributed by atoms with Crippen molar-refractivity contribution in [3.63, 3.8) is 0 Å². The fourth-order valence-electron chi connectivity index (χ4n) is 3.07. The van der Waals surface area contributed by atoms with Crippen LogP contribution >= 0.6 is 11.6 Å². The van der Waals surface area contributed by atoms with E-state index >= 15 is 0 Å². The minimum atomic E-state index is -3.54. The second-order valence-electron chi connectivity index (χ2n) is 7.77. The van der Waals surface area contributed by atoms with Crippen LogP contribution in [0.25, 0.3) is 5.82 Å². The van der Waals surface area contributed by atoms with Crippen LogP contribution in [-0.2, 0) is 16.4 Å². The topological polar surface area (TPSA) is 160 Å². The van der Waals surface area contributed by atoms with Crippen LogP contribution in [0.1, 0.15) is 39.4 Å². The molecule has 1 fully saturated rings. The fraction of sp³-hybridized carbons (Fsp3) is 0.238. The zero-order valence-corrected chi connectivity index (χ0v) is 19.4. The number of nitrogens with zero attached hydrogens (tertiary/aromatic N) is 5. The van der Waals surface area contributed by atoms with Crippen molar-refractivity contribution >= 4 is 33.3 Å². The van der Waals surface area contributed by atoms with Crippen LogP contribution in [0.15, 0.2) is 47.8 Å². The maximum Gasteiger partial charge on any atom is 0.254 e. The van der Waals surface area contributed by atoms with E-state index in [0.29, 0.717) is 30.0 Å². The molecule has 2 N–H and O–H groups in total. The zero-order valence-electron chi connectivity index (χ0n) is 17.8. The van der Waals surface area contributed by atoms with Crippen LogP contribution in [0.3, 0.4) is 0 Å². The van der Waals surface area contributed by atoms with Gasteiger partial charge in [-0.15, -0.1) is 0 Å². The molecule has 11 nitrogen and oxygen atoms in total. The average Bonchev–Trinajstić information content (AvgIpc) is 3.42. The summed E-state index contributed by atoms with van der Waals surface area (Å²) in [4.78, 5) is 33.2. The Balaban J connectivity index is 1.45. The number of nitriles is 1. The monoisotopic (exact) mass is 499 g/mol. The molecule has 1 aromatic carbocycles. The lowest BCUT2D eigenvalue weighted by molar-refractivity contribution is 0.0936. The van der Waals surface area contributed by atoms with Gasteiger partial charge in [-0.2, -0.15) is 15.0 Å². The third kappa shape index (κ3) is 5.05. The molecule has 2 aromatic heterocycles. The third-order valence-corrected chi connectivity index (χ3v) is 6.44. The first-order valence-electron chi connectivity index (χ1n) is 9.98. The van der Waals surface area contributed by atoms with Gasteiger partial charge in [-0.05, 0) is 43.2 Å². The van der Waals surface area contributed by atoms with Gasteiger partial charge in [0, 0.05) is 23.0 Å². The first kappa shape index (κ1) is 23.3. The Morgan fingerprint density at radius 3 is 2.56 bits per heavy atom. The lowest BCUT2D eigenvalue weighted by Gasteiger charge is -2.10. The Morgan fingerprint density at radius 1 is 1.18 bits per heavy atom. The summed E-state index contributed by atoms with van der Waals surface area (Å²) in [5.41, 5.74) is -0.404. The van der Waals surface area contributed by atoms with Gasteiger partial charge in [0.1, 0.15) is 11.9 Å². The van der Waals surface area contributed by atoms with Gasteiger partial charge in [0.15, 0.2) is 21.5 Å². The summed E-state index contributed by atoms with van der Waals surface area (Å²) in [7, 11) is -3.54. The number of hydrogen-bond acceptors (Lipinski definition) is 8. The van der Waals surface area contributed by atoms with E-state index in [-0.39, 0.29) is 27.9 Å². The number of halogens is 1. The van der Waals surface area contributed by atoms with E-state index in [9.17, 15) is 18.0 Å². The number of amides is 2. The Morgan fingerprint density at radius 2 is 1.94 bits per heavy atom. The van der Waals surface area contributed by atoms with Gasteiger partial charge in [-0.3, -0.25) is 9.59 Å². The minimum Gasteiger partial charge on any atom is -0.345 e. The van der Waals surface area contributed by atoms with E-state index in [1.807, 2.05) is 0 Å². The van der Waals surface area contributed by atoms with E-state index in [1.165, 1.54) is 35.4 Å². The standard InChI is InChI=1S/C21H18ClN7O4S/c1-34(32,33)16-7-14(6-15(22)8-16)19(30)25-10-18-26-12-27-29(18)17-3-2-13(9-24-17)20(31)28-21(11-23)4-5-21/h2-3,6-9,12H,4-5,10H2,1H3,(H,25,30)(H,28,31). The van der Waals surface area contributed by atoms with Gasteiger partial charge < -0.3 is 10.6 Å². The van der Waals surface area contributed by atoms with Gasteiger partial charge in [-0.25, -0.2) is 18.4 Å². The summed E-state index contributed by atoms with van der Waals surface area (Å²) >= 11 is 5.96. The number of aromatic nitrogens is 4. The van der Waals surface area contributed by atoms with Crippen LogP contribution < -0.4 is 10.6 Å². The number of rotatable bonds is 7. The molecule has 0 spiro atoms. The van der Waals surface area contributed by atoms with Crippen LogP contribution in [0.5, 0.6) is 0 Å². The maximum atomic E-state index is 12.6. The molecular formula is C21H18ClN7O4S. The molecule has 3 aromatic rings. The highest BCUT2D eigenvalue weighted by Crippen LogP contribution is 2.34. The van der Waals surface area contributed by atoms with E-state index in [0.717, 1.165) is 6.26 Å². The van der Waals surface area contributed by atoms with Crippen LogP contribution in [0, 0.1) is 11.3 Å². The molecule has 0 bridgehead atoms. The maximum absolute atomic E-state index is 12.6. The van der Waals surface area contributed by atoms with Crippen molar-refractivity contribution in [2.24, 2.45) is 0 Å². The first-order valence-corrected chi connectivity index (χ1v) is 12.3. The molecule has 34 heavy (non-hydrogen) atoms. The molecule has 4 rings (SSSR count). The van der Waals surface area contributed by atoms with Crippen molar-refractivity contribution in [1.29, 1.82) is 5.26 Å². The predicted molar refractivity (Wildman–Crippen MR) is 120 cm³/mol. The molecule has 2 heterocycles. The number of carbonyl (C=O) groups excluding carboxylic acids is 2. The molecular weight excluding hydrogens is 482 g/mol. The summed E-state index contributed by atoms with van der Waals surface area (Å²) in [5, 5.41) is 18.7. The molecule has 1 aliphatic carbocycles. The highest BCUT2D eigenvalue weighted by Gasteiger charge is 2.44. The normalized spacial score (nSPS) is 14.1. The van der Waals surface area contributed by atoms with Gasteiger partial charge in [-0.1, -0.05) is 11.6 Å². The molecule has 0 radical (unpaired) electrons. The minimum absolute atomic E-state index is 0.0336. The number of hydrogen-bond donors (Lipinski definition) is 2. The quantitative estimate of drug-likeness (QED) is 0.493. The van der Waals surface area contributed by atoms with Crippen molar-refractivity contribution in [3.8, 4) is 11.9 Å². The Bertz CT molecular complexity index is 1420. The summed E-state index contributed by atoms with van der Waals surface area (Å²) in [6, 6.07) is 9.08. The summed E-state index contributed by atoms with van der Waals surface area (Å²) in [5.74, 6) is -0.223. The van der Waals surface area contributed by atoms with E-state index < -0.39 is 21.3 Å². The van der Waals surface area contributed by atoms with Gasteiger partial charge in [0.2, 0.25) is 0 Å². The van der Waals surface area contributed by atoms with Crippen LogP contribution in [0.4, 0.5) is 0 Å². The second-order valence-corrected chi connectivity index (χ2v) is 10.2. The Hall–Kier alpha value is -3.82. The molecule has 0 saturated heterocycles. The molecule has 1 aliphatic rings. The number of benzene rings is 1. The van der Waals surface area contributed by atoms with Gasteiger partial charge in [0.05, 0.1) is 23.1 Å². The van der Waals surface area contributed by atoms with Gasteiger partial charge >= 0.3 is 0 Å². The predicted octanol–water partition coefficient (Wildman–Crippen LogP) is 1.44. The van der Waals surface area contributed by atoms with E-state index in [4.69, 9.17) is 16.9 Å². The number of sulfone groups is 1. The largest absolute Gasteiger partial charge is 0.345 e. The number of carbonyl (C=O) groups is 2. The van der Waals surface area contributed by atoms with Crippen LogP contribution in [0.2, 0.25) is 5.02 Å². The fourth-order valence-corrected chi connectivity index (χ4v) is 4.05. The first-order chi connectivity index (χ1) is 16.1. The highest BCUT2D eigenvalue weighted by atomic mass is 35.5. The second kappa shape index (κ2) is 8.85. The summed E-state index contributed by atoms with van der Waals surface area (Å²) in [6.07, 6.45) is 4.92. The number of pyridine rings is 1. The summed E-state index contributed by atoms with van der Waals surface area (Å²) in [6.45, 7) is -0.0336. The van der Waals surface area contributed by atoms with Crippen molar-refractivity contribution < 1.29 is 18.0 Å². The summed E-state index contributed by atoms with van der Waals surface area (Å²) < 4.78 is 25.0. The molecule has 174 valence electrons. The Labute approximate surface area is 199 Å². The molecule has 1 saturated carbocycles. The SMILES string of the molecule is CS(=O)(=O)c1cc(Cl)cc(C(=O)NCc2ncnn2-c2ccc(C(=O)NC3(C#N)CC3)cn2)c1. The van der Waals surface area contributed by atoms with Crippen LogP contribution in [-0.4, -0.2) is 51.8 Å². The zero-order chi connectivity index (χ0) is 24.5. The van der Waals surface area contributed by atoms with Crippen molar-refractivity contribution in [3.05, 3.63) is 64.8 Å². The lowest BCUT2D eigenvalue weighted by atomic mass is 10.2. The number of nitrogens with one attached hydrogen (secondary N) is 2.